The van der Waals surface area contributed by atoms with E-state index >= 15 is 0 Å². The highest BCUT2D eigenvalue weighted by Crippen LogP contribution is 2.31. The molecule has 0 aromatic heterocycles. The smallest absolute Gasteiger partial charge is 0.485 e. The van der Waals surface area contributed by atoms with Crippen molar-refractivity contribution in [3.63, 3.8) is 0 Å². The van der Waals surface area contributed by atoms with E-state index in [9.17, 15) is 13.6 Å². The Kier molecular flexibility index (Phi) is 4.44. The Bertz CT molecular complexity index is 734. The molecule has 1 aliphatic heterocycles. The summed E-state index contributed by atoms with van der Waals surface area (Å²) in [6, 6.07) is 12.4. The van der Waals surface area contributed by atoms with E-state index in [0.717, 1.165) is 0 Å². The SMILES string of the molecule is O=C(Nc1ccc(OC(F)(F)Cl)cc1)[C@@H]1COc2ccccc2O1. The number of fused-ring (bicyclic) bond motifs is 1. The molecule has 1 amide bonds. The number of carbonyl (C=O) groups excluding carboxylic acids is 1. The summed E-state index contributed by atoms with van der Waals surface area (Å²) in [6.45, 7) is 0.0719. The van der Waals surface area contributed by atoms with Gasteiger partial charge in [0.05, 0.1) is 0 Å². The molecule has 0 saturated carbocycles. The summed E-state index contributed by atoms with van der Waals surface area (Å²) in [5, 5.41) is 2.61. The fraction of sp³-hybridized carbons (Fsp3) is 0.188. The van der Waals surface area contributed by atoms with Crippen molar-refractivity contribution in [2.45, 2.75) is 11.7 Å². The number of hydrogen-bond acceptors (Lipinski definition) is 4. The van der Waals surface area contributed by atoms with Crippen LogP contribution in [-0.2, 0) is 4.79 Å². The molecule has 0 aliphatic carbocycles. The number of benzene rings is 2. The molecule has 0 unspecified atom stereocenters. The van der Waals surface area contributed by atoms with Gasteiger partial charge in [0.15, 0.2) is 11.5 Å². The summed E-state index contributed by atoms with van der Waals surface area (Å²) in [6.07, 6.45) is -0.817. The van der Waals surface area contributed by atoms with Crippen LogP contribution in [0.3, 0.4) is 0 Å². The van der Waals surface area contributed by atoms with Crippen molar-refractivity contribution < 1.29 is 27.8 Å². The van der Waals surface area contributed by atoms with Crippen LogP contribution in [0.1, 0.15) is 0 Å². The predicted molar refractivity (Wildman–Crippen MR) is 82.9 cm³/mol. The van der Waals surface area contributed by atoms with Crippen LogP contribution in [-0.4, -0.2) is 24.2 Å². The highest BCUT2D eigenvalue weighted by atomic mass is 35.5. The summed E-state index contributed by atoms with van der Waals surface area (Å²) in [7, 11) is 0. The third kappa shape index (κ3) is 4.05. The molecule has 5 nitrogen and oxygen atoms in total. The molecule has 1 aliphatic rings. The van der Waals surface area contributed by atoms with E-state index in [1.807, 2.05) is 0 Å². The van der Waals surface area contributed by atoms with E-state index in [1.54, 1.807) is 24.3 Å². The first kappa shape index (κ1) is 16.3. The number of ether oxygens (including phenoxy) is 3. The molecule has 3 rings (SSSR count). The average Bonchev–Trinajstić information content (AvgIpc) is 2.55. The van der Waals surface area contributed by atoms with Gasteiger partial charge in [-0.2, -0.15) is 0 Å². The summed E-state index contributed by atoms with van der Waals surface area (Å²) in [4.78, 5) is 12.2. The Labute approximate surface area is 141 Å². The third-order valence-corrected chi connectivity index (χ3v) is 3.23. The van der Waals surface area contributed by atoms with Crippen LogP contribution in [0.15, 0.2) is 48.5 Å². The topological polar surface area (TPSA) is 56.8 Å². The number of nitrogens with one attached hydrogen (secondary N) is 1. The average molecular weight is 356 g/mol. The molecule has 0 radical (unpaired) electrons. The van der Waals surface area contributed by atoms with Crippen molar-refractivity contribution in [2.24, 2.45) is 0 Å². The molecule has 24 heavy (non-hydrogen) atoms. The fourth-order valence-corrected chi connectivity index (χ4v) is 2.20. The number of alkyl halides is 3. The van der Waals surface area contributed by atoms with E-state index in [4.69, 9.17) is 9.47 Å². The van der Waals surface area contributed by atoms with E-state index < -0.39 is 17.6 Å². The van der Waals surface area contributed by atoms with Crippen LogP contribution in [0.4, 0.5) is 14.5 Å². The lowest BCUT2D eigenvalue weighted by Gasteiger charge is -2.25. The Morgan fingerprint density at radius 2 is 1.83 bits per heavy atom. The zero-order chi connectivity index (χ0) is 17.2. The molecule has 0 saturated heterocycles. The minimum Gasteiger partial charge on any atom is -0.485 e. The van der Waals surface area contributed by atoms with Crippen molar-refractivity contribution in [2.75, 3.05) is 11.9 Å². The number of amides is 1. The summed E-state index contributed by atoms with van der Waals surface area (Å²) < 4.78 is 40.3. The maximum Gasteiger partial charge on any atom is 0.487 e. The number of rotatable bonds is 4. The van der Waals surface area contributed by atoms with Crippen molar-refractivity contribution >= 4 is 23.2 Å². The van der Waals surface area contributed by atoms with Gasteiger partial charge in [-0.05, 0) is 36.4 Å². The van der Waals surface area contributed by atoms with Gasteiger partial charge in [0.25, 0.3) is 5.91 Å². The summed E-state index contributed by atoms with van der Waals surface area (Å²) in [5.41, 5.74) is -3.39. The van der Waals surface area contributed by atoms with Crippen molar-refractivity contribution in [1.29, 1.82) is 0 Å². The standard InChI is InChI=1S/C16H12ClF2NO4/c17-16(18,19)24-11-7-5-10(6-8-11)20-15(21)14-9-22-12-3-1-2-4-13(12)23-14/h1-8,14H,9H2,(H,20,21)/t14-/m0/s1. The van der Waals surface area contributed by atoms with E-state index in [1.165, 1.54) is 24.3 Å². The highest BCUT2D eigenvalue weighted by molar-refractivity contribution is 6.20. The van der Waals surface area contributed by atoms with E-state index in [2.05, 4.69) is 21.7 Å². The largest absolute Gasteiger partial charge is 0.487 e. The van der Waals surface area contributed by atoms with Crippen LogP contribution in [0, 0.1) is 0 Å². The fourth-order valence-electron chi connectivity index (χ4n) is 2.11. The first-order valence-electron chi connectivity index (χ1n) is 6.96. The molecular weight excluding hydrogens is 344 g/mol. The Morgan fingerprint density at radius 1 is 1.17 bits per heavy atom. The lowest BCUT2D eigenvalue weighted by molar-refractivity contribution is -0.125. The van der Waals surface area contributed by atoms with Crippen LogP contribution in [0.2, 0.25) is 0 Å². The lowest BCUT2D eigenvalue weighted by Crippen LogP contribution is -2.40. The number of para-hydroxylation sites is 2. The van der Waals surface area contributed by atoms with Gasteiger partial charge in [-0.25, -0.2) is 0 Å². The van der Waals surface area contributed by atoms with Crippen molar-refractivity contribution in [3.8, 4) is 17.2 Å². The molecule has 0 bridgehead atoms. The van der Waals surface area contributed by atoms with Crippen LogP contribution < -0.4 is 19.5 Å². The summed E-state index contributed by atoms with van der Waals surface area (Å²) in [5.74, 6) is 0.516. The first-order chi connectivity index (χ1) is 11.4. The van der Waals surface area contributed by atoms with E-state index in [-0.39, 0.29) is 12.4 Å². The minimum absolute atomic E-state index is 0.0719. The zero-order valence-electron chi connectivity index (χ0n) is 12.2. The molecule has 0 fully saturated rings. The second-order valence-electron chi connectivity index (χ2n) is 4.93. The van der Waals surface area contributed by atoms with Crippen LogP contribution >= 0.6 is 11.6 Å². The molecule has 0 spiro atoms. The second-order valence-corrected chi connectivity index (χ2v) is 5.37. The molecule has 1 heterocycles. The van der Waals surface area contributed by atoms with Gasteiger partial charge in [-0.3, -0.25) is 4.79 Å². The molecular formula is C16H12ClF2NO4. The van der Waals surface area contributed by atoms with Crippen molar-refractivity contribution in [1.82, 2.24) is 0 Å². The minimum atomic E-state index is -3.79. The van der Waals surface area contributed by atoms with Gasteiger partial charge >= 0.3 is 5.57 Å². The van der Waals surface area contributed by atoms with E-state index in [0.29, 0.717) is 17.2 Å². The molecule has 2 aromatic rings. The Hall–Kier alpha value is -2.54. The van der Waals surface area contributed by atoms with Gasteiger partial charge in [0.2, 0.25) is 6.10 Å². The summed E-state index contributed by atoms with van der Waals surface area (Å²) >= 11 is 4.68. The Morgan fingerprint density at radius 3 is 2.50 bits per heavy atom. The Balaban J connectivity index is 1.61. The van der Waals surface area contributed by atoms with Crippen molar-refractivity contribution in [3.05, 3.63) is 48.5 Å². The maximum absolute atomic E-state index is 12.5. The number of anilines is 1. The van der Waals surface area contributed by atoms with Crippen LogP contribution in [0.5, 0.6) is 17.2 Å². The molecule has 8 heteroatoms. The number of carbonyl (C=O) groups is 1. The van der Waals surface area contributed by atoms with Gasteiger partial charge in [-0.1, -0.05) is 12.1 Å². The maximum atomic E-state index is 12.5. The van der Waals surface area contributed by atoms with Gasteiger partial charge < -0.3 is 19.5 Å². The number of hydrogen-bond donors (Lipinski definition) is 1. The highest BCUT2D eigenvalue weighted by Gasteiger charge is 2.28. The molecule has 126 valence electrons. The van der Waals surface area contributed by atoms with Crippen LogP contribution in [0.25, 0.3) is 0 Å². The monoisotopic (exact) mass is 355 g/mol. The lowest BCUT2D eigenvalue weighted by atomic mass is 10.2. The molecule has 2 aromatic carbocycles. The second kappa shape index (κ2) is 6.52. The predicted octanol–water partition coefficient (Wildman–Crippen LogP) is 3.63. The van der Waals surface area contributed by atoms with Gasteiger partial charge in [-0.15, -0.1) is 8.78 Å². The van der Waals surface area contributed by atoms with Gasteiger partial charge in [0, 0.05) is 17.3 Å². The third-order valence-electron chi connectivity index (χ3n) is 3.16. The van der Waals surface area contributed by atoms with Gasteiger partial charge in [0.1, 0.15) is 12.4 Å². The molecule has 1 atom stereocenters. The zero-order valence-corrected chi connectivity index (χ0v) is 12.9. The normalized spacial score (nSPS) is 16.4. The molecule has 1 N–H and O–H groups in total. The number of halogens is 3. The first-order valence-corrected chi connectivity index (χ1v) is 7.34. The quantitative estimate of drug-likeness (QED) is 0.851.